The van der Waals surface area contributed by atoms with Crippen LogP contribution in [-0.2, 0) is 6.54 Å². The van der Waals surface area contributed by atoms with Crippen molar-refractivity contribution in [2.75, 3.05) is 6.54 Å². The quantitative estimate of drug-likeness (QED) is 0.675. The summed E-state index contributed by atoms with van der Waals surface area (Å²) in [6, 6.07) is 2.39. The maximum atomic E-state index is 5.98. The Bertz CT molecular complexity index is 254. The smallest absolute Gasteiger partial charge is 0.0947 e. The first-order valence-corrected chi connectivity index (χ1v) is 5.33. The summed E-state index contributed by atoms with van der Waals surface area (Å²) in [5.41, 5.74) is 7.18. The first kappa shape index (κ1) is 9.74. The molecular weight excluding hydrogens is 176 g/mol. The van der Waals surface area contributed by atoms with Gasteiger partial charge in [-0.05, 0) is 37.8 Å². The highest BCUT2D eigenvalue weighted by Gasteiger charge is 2.27. The van der Waals surface area contributed by atoms with Crippen LogP contribution in [0.2, 0.25) is 0 Å². The molecular formula is C11H18N2O. The Morgan fingerprint density at radius 1 is 1.57 bits per heavy atom. The summed E-state index contributed by atoms with van der Waals surface area (Å²) in [6.45, 7) is 1.89. The topological polar surface area (TPSA) is 51.2 Å². The second-order valence-electron chi connectivity index (χ2n) is 4.10. The Kier molecular flexibility index (Phi) is 3.22. The van der Waals surface area contributed by atoms with E-state index in [9.17, 15) is 0 Å². The van der Waals surface area contributed by atoms with Gasteiger partial charge in [0.1, 0.15) is 0 Å². The lowest BCUT2D eigenvalue weighted by Gasteiger charge is -2.09. The summed E-state index contributed by atoms with van der Waals surface area (Å²) >= 11 is 0. The molecule has 0 amide bonds. The van der Waals surface area contributed by atoms with Crippen molar-refractivity contribution in [3.05, 3.63) is 24.2 Å². The lowest BCUT2D eigenvalue weighted by molar-refractivity contribution is 0.514. The van der Waals surface area contributed by atoms with Crippen molar-refractivity contribution in [3.63, 3.8) is 0 Å². The van der Waals surface area contributed by atoms with Crippen LogP contribution in [0.1, 0.15) is 24.8 Å². The maximum absolute atomic E-state index is 5.98. The number of furan rings is 1. The van der Waals surface area contributed by atoms with Gasteiger partial charge in [-0.1, -0.05) is 0 Å². The summed E-state index contributed by atoms with van der Waals surface area (Å²) in [6.07, 6.45) is 7.23. The van der Waals surface area contributed by atoms with Crippen LogP contribution in [0.5, 0.6) is 0 Å². The van der Waals surface area contributed by atoms with E-state index in [-0.39, 0.29) is 0 Å². The van der Waals surface area contributed by atoms with E-state index in [1.54, 1.807) is 12.5 Å². The first-order valence-electron chi connectivity index (χ1n) is 5.33. The minimum absolute atomic E-state index is 0.409. The zero-order valence-electron chi connectivity index (χ0n) is 8.41. The van der Waals surface area contributed by atoms with Crippen molar-refractivity contribution in [1.29, 1.82) is 0 Å². The third-order valence-corrected chi connectivity index (χ3v) is 2.79. The molecule has 0 radical (unpaired) electrons. The van der Waals surface area contributed by atoms with Gasteiger partial charge < -0.3 is 15.5 Å². The zero-order valence-corrected chi connectivity index (χ0v) is 8.41. The van der Waals surface area contributed by atoms with Gasteiger partial charge in [0, 0.05) is 18.2 Å². The van der Waals surface area contributed by atoms with Crippen molar-refractivity contribution < 1.29 is 4.42 Å². The normalized spacial score (nSPS) is 18.4. The molecule has 0 bridgehead atoms. The van der Waals surface area contributed by atoms with Gasteiger partial charge in [-0.25, -0.2) is 0 Å². The van der Waals surface area contributed by atoms with E-state index in [1.807, 2.05) is 6.07 Å². The Balaban J connectivity index is 1.54. The predicted octanol–water partition coefficient (Wildman–Crippen LogP) is 1.50. The molecule has 2 rings (SSSR count). The predicted molar refractivity (Wildman–Crippen MR) is 55.7 cm³/mol. The molecule has 0 aliphatic heterocycles. The second kappa shape index (κ2) is 4.62. The molecule has 1 aliphatic carbocycles. The van der Waals surface area contributed by atoms with E-state index in [0.29, 0.717) is 6.04 Å². The molecule has 3 nitrogen and oxygen atoms in total. The molecule has 3 heteroatoms. The van der Waals surface area contributed by atoms with Gasteiger partial charge in [0.25, 0.3) is 0 Å². The largest absolute Gasteiger partial charge is 0.472 e. The van der Waals surface area contributed by atoms with Crippen molar-refractivity contribution >= 4 is 0 Å². The molecule has 0 saturated heterocycles. The molecule has 1 fully saturated rings. The molecule has 0 aromatic carbocycles. The average molecular weight is 194 g/mol. The Labute approximate surface area is 84.7 Å². The summed E-state index contributed by atoms with van der Waals surface area (Å²) in [4.78, 5) is 0. The second-order valence-corrected chi connectivity index (χ2v) is 4.10. The number of rotatable bonds is 6. The third kappa shape index (κ3) is 2.86. The van der Waals surface area contributed by atoms with Crippen LogP contribution in [0.25, 0.3) is 0 Å². The van der Waals surface area contributed by atoms with Gasteiger partial charge in [-0.2, -0.15) is 0 Å². The van der Waals surface area contributed by atoms with Gasteiger partial charge in [-0.3, -0.25) is 0 Å². The summed E-state index contributed by atoms with van der Waals surface area (Å²) in [5, 5.41) is 3.36. The van der Waals surface area contributed by atoms with Gasteiger partial charge in [0.15, 0.2) is 0 Å². The highest BCUT2D eigenvalue weighted by atomic mass is 16.3. The maximum Gasteiger partial charge on any atom is 0.0947 e. The fourth-order valence-corrected chi connectivity index (χ4v) is 1.65. The minimum Gasteiger partial charge on any atom is -0.472 e. The fraction of sp³-hybridized carbons (Fsp3) is 0.636. The standard InChI is InChI=1S/C11H18N2O/c12-11(10-1-2-10)3-5-13-7-9-4-6-14-8-9/h4,6,8,10-11,13H,1-3,5,7,12H2. The van der Waals surface area contributed by atoms with Gasteiger partial charge in [-0.15, -0.1) is 0 Å². The van der Waals surface area contributed by atoms with E-state index in [0.717, 1.165) is 25.4 Å². The van der Waals surface area contributed by atoms with Crippen LogP contribution in [0.15, 0.2) is 23.0 Å². The SMILES string of the molecule is NC(CCNCc1ccoc1)C1CC1. The van der Waals surface area contributed by atoms with Crippen molar-refractivity contribution in [2.24, 2.45) is 11.7 Å². The van der Waals surface area contributed by atoms with Crippen LogP contribution >= 0.6 is 0 Å². The Morgan fingerprint density at radius 3 is 3.07 bits per heavy atom. The molecule has 1 atom stereocenters. The van der Waals surface area contributed by atoms with Crippen LogP contribution in [-0.4, -0.2) is 12.6 Å². The Morgan fingerprint density at radius 2 is 2.43 bits per heavy atom. The number of hydrogen-bond donors (Lipinski definition) is 2. The monoisotopic (exact) mass is 194 g/mol. The van der Waals surface area contributed by atoms with Crippen molar-refractivity contribution in [3.8, 4) is 0 Å². The van der Waals surface area contributed by atoms with Gasteiger partial charge in [0.05, 0.1) is 12.5 Å². The molecule has 1 heterocycles. The molecule has 3 N–H and O–H groups in total. The van der Waals surface area contributed by atoms with E-state index >= 15 is 0 Å². The molecule has 14 heavy (non-hydrogen) atoms. The minimum atomic E-state index is 0.409. The van der Waals surface area contributed by atoms with Gasteiger partial charge in [0.2, 0.25) is 0 Å². The van der Waals surface area contributed by atoms with E-state index in [4.69, 9.17) is 10.2 Å². The van der Waals surface area contributed by atoms with E-state index in [2.05, 4.69) is 5.32 Å². The molecule has 78 valence electrons. The zero-order chi connectivity index (χ0) is 9.80. The molecule has 0 spiro atoms. The first-order chi connectivity index (χ1) is 6.86. The molecule has 1 aromatic heterocycles. The molecule has 1 aromatic rings. The summed E-state index contributed by atoms with van der Waals surface area (Å²) in [7, 11) is 0. The third-order valence-electron chi connectivity index (χ3n) is 2.79. The van der Waals surface area contributed by atoms with Gasteiger partial charge >= 0.3 is 0 Å². The van der Waals surface area contributed by atoms with Crippen LogP contribution in [0, 0.1) is 5.92 Å². The van der Waals surface area contributed by atoms with Crippen LogP contribution in [0.4, 0.5) is 0 Å². The van der Waals surface area contributed by atoms with E-state index in [1.165, 1.54) is 18.4 Å². The van der Waals surface area contributed by atoms with Crippen molar-refractivity contribution in [2.45, 2.75) is 31.8 Å². The lowest BCUT2D eigenvalue weighted by atomic mass is 10.1. The summed E-state index contributed by atoms with van der Waals surface area (Å²) in [5.74, 6) is 0.811. The fourth-order valence-electron chi connectivity index (χ4n) is 1.65. The highest BCUT2D eigenvalue weighted by molar-refractivity contribution is 5.04. The van der Waals surface area contributed by atoms with E-state index < -0.39 is 0 Å². The molecule has 1 unspecified atom stereocenters. The lowest BCUT2D eigenvalue weighted by Crippen LogP contribution is -2.28. The summed E-state index contributed by atoms with van der Waals surface area (Å²) < 4.78 is 4.98. The average Bonchev–Trinajstić information content (AvgIpc) is 2.92. The van der Waals surface area contributed by atoms with Crippen LogP contribution < -0.4 is 11.1 Å². The number of nitrogens with two attached hydrogens (primary N) is 1. The molecule has 1 saturated carbocycles. The van der Waals surface area contributed by atoms with Crippen molar-refractivity contribution in [1.82, 2.24) is 5.32 Å². The molecule has 1 aliphatic rings. The Hall–Kier alpha value is -0.800. The highest BCUT2D eigenvalue weighted by Crippen LogP contribution is 2.32. The number of hydrogen-bond acceptors (Lipinski definition) is 3. The van der Waals surface area contributed by atoms with Crippen LogP contribution in [0.3, 0.4) is 0 Å². The number of nitrogens with one attached hydrogen (secondary N) is 1.